The highest BCUT2D eigenvalue weighted by Gasteiger charge is 2.24. The third-order valence-corrected chi connectivity index (χ3v) is 6.27. The Labute approximate surface area is 204 Å². The number of amides is 1. The van der Waals surface area contributed by atoms with Gasteiger partial charge in [-0.2, -0.15) is 4.98 Å². The number of hydrogen-bond donors (Lipinski definition) is 1. The number of benzene rings is 2. The highest BCUT2D eigenvalue weighted by molar-refractivity contribution is 6.07. The Morgan fingerprint density at radius 1 is 0.914 bits per heavy atom. The molecule has 7 nitrogen and oxygen atoms in total. The van der Waals surface area contributed by atoms with Crippen LogP contribution in [-0.4, -0.2) is 33.1 Å². The van der Waals surface area contributed by atoms with Crippen LogP contribution in [0.15, 0.2) is 73.1 Å². The van der Waals surface area contributed by atoms with Crippen LogP contribution in [0, 0.1) is 6.92 Å². The zero-order valence-electron chi connectivity index (χ0n) is 19.7. The number of nitrogens with zero attached hydrogens (tertiary/aromatic N) is 3. The topological polar surface area (TPSA) is 86.2 Å². The predicted molar refractivity (Wildman–Crippen MR) is 134 cm³/mol. The van der Waals surface area contributed by atoms with Crippen LogP contribution in [0.3, 0.4) is 0 Å². The molecule has 1 amide bonds. The Morgan fingerprint density at radius 3 is 2.34 bits per heavy atom. The molecule has 178 valence electrons. The fourth-order valence-electron chi connectivity index (χ4n) is 4.31. The van der Waals surface area contributed by atoms with E-state index in [1.807, 2.05) is 43.3 Å². The van der Waals surface area contributed by atoms with Gasteiger partial charge < -0.3 is 14.8 Å². The zero-order valence-corrected chi connectivity index (χ0v) is 19.7. The summed E-state index contributed by atoms with van der Waals surface area (Å²) in [7, 11) is 0. The van der Waals surface area contributed by atoms with Crippen LogP contribution in [0.4, 0.5) is 5.82 Å². The van der Waals surface area contributed by atoms with Crippen LogP contribution in [-0.2, 0) is 11.3 Å². The van der Waals surface area contributed by atoms with E-state index in [0.717, 1.165) is 31.2 Å². The minimum Gasteiger partial charge on any atom is -0.460 e. The Balaban J connectivity index is 1.21. The molecule has 0 bridgehead atoms. The van der Waals surface area contributed by atoms with E-state index >= 15 is 0 Å². The van der Waals surface area contributed by atoms with E-state index in [0.29, 0.717) is 34.9 Å². The van der Waals surface area contributed by atoms with Crippen molar-refractivity contribution in [2.24, 2.45) is 0 Å². The van der Waals surface area contributed by atoms with E-state index in [1.165, 1.54) is 5.56 Å². The summed E-state index contributed by atoms with van der Waals surface area (Å²) in [6, 6.07) is 19.6. The molecule has 4 aromatic rings. The molecule has 1 aliphatic rings. The largest absolute Gasteiger partial charge is 0.460 e. The lowest BCUT2D eigenvalue weighted by molar-refractivity contribution is -0.00808. The summed E-state index contributed by atoms with van der Waals surface area (Å²) in [6.07, 6.45) is 7.37. The van der Waals surface area contributed by atoms with Gasteiger partial charge in [0.2, 0.25) is 0 Å². The first-order valence-corrected chi connectivity index (χ1v) is 12.0. The number of pyridine rings is 1. The van der Waals surface area contributed by atoms with Gasteiger partial charge in [0.05, 0.1) is 23.6 Å². The van der Waals surface area contributed by atoms with Crippen molar-refractivity contribution in [3.8, 4) is 6.01 Å². The van der Waals surface area contributed by atoms with Crippen LogP contribution in [0.1, 0.15) is 47.2 Å². The van der Waals surface area contributed by atoms with Crippen molar-refractivity contribution in [1.29, 1.82) is 0 Å². The summed E-state index contributed by atoms with van der Waals surface area (Å²) in [4.78, 5) is 26.1. The van der Waals surface area contributed by atoms with Crippen molar-refractivity contribution in [3.63, 3.8) is 0 Å². The van der Waals surface area contributed by atoms with Gasteiger partial charge in [0, 0.05) is 18.0 Å². The lowest BCUT2D eigenvalue weighted by Crippen LogP contribution is -2.28. The van der Waals surface area contributed by atoms with Crippen LogP contribution in [0.25, 0.3) is 10.9 Å². The first kappa shape index (κ1) is 22.9. The van der Waals surface area contributed by atoms with Crippen molar-refractivity contribution in [3.05, 3.63) is 89.7 Å². The summed E-state index contributed by atoms with van der Waals surface area (Å²) >= 11 is 0. The minimum absolute atomic E-state index is 0.0587. The van der Waals surface area contributed by atoms with Gasteiger partial charge in [-0.15, -0.1) is 0 Å². The summed E-state index contributed by atoms with van der Waals surface area (Å²) in [5.74, 6) is 0.205. The Kier molecular flexibility index (Phi) is 6.95. The summed E-state index contributed by atoms with van der Waals surface area (Å²) < 4.78 is 12.2. The number of rotatable bonds is 7. The Hall–Kier alpha value is -3.84. The van der Waals surface area contributed by atoms with Crippen LogP contribution >= 0.6 is 0 Å². The van der Waals surface area contributed by atoms with Crippen LogP contribution in [0.5, 0.6) is 6.01 Å². The SMILES string of the molecule is Cc1cnc(NC(=O)c2ccccc2)c2cnc(OC3CCC(OCc4ccccc4)CC3)nc12. The number of aromatic nitrogens is 3. The fraction of sp³-hybridized carbons (Fsp3) is 0.286. The molecular formula is C28H28N4O3. The average molecular weight is 469 g/mol. The molecular weight excluding hydrogens is 440 g/mol. The second-order valence-electron chi connectivity index (χ2n) is 8.84. The number of aryl methyl sites for hydroxylation is 1. The van der Waals surface area contributed by atoms with Crippen molar-refractivity contribution < 1.29 is 14.3 Å². The molecule has 2 aromatic carbocycles. The van der Waals surface area contributed by atoms with Gasteiger partial charge in [-0.3, -0.25) is 4.79 Å². The molecule has 0 atom stereocenters. The van der Waals surface area contributed by atoms with E-state index in [4.69, 9.17) is 9.47 Å². The van der Waals surface area contributed by atoms with E-state index in [9.17, 15) is 4.79 Å². The maximum Gasteiger partial charge on any atom is 0.317 e. The molecule has 1 saturated carbocycles. The lowest BCUT2D eigenvalue weighted by atomic mass is 9.95. The van der Waals surface area contributed by atoms with Gasteiger partial charge in [-0.25, -0.2) is 9.97 Å². The number of nitrogens with one attached hydrogen (secondary N) is 1. The molecule has 0 radical (unpaired) electrons. The number of carbonyl (C=O) groups is 1. The summed E-state index contributed by atoms with van der Waals surface area (Å²) in [6.45, 7) is 2.57. The standard InChI is InChI=1S/C28H28N4O3/c1-19-16-29-26(32-27(33)21-10-6-3-7-11-21)24-17-30-28(31-25(19)24)35-23-14-12-22(13-15-23)34-18-20-8-4-2-5-9-20/h2-11,16-17,22-23H,12-15,18H2,1H3,(H,29,32,33). The Morgan fingerprint density at radius 2 is 1.60 bits per heavy atom. The molecule has 1 fully saturated rings. The molecule has 7 heteroatoms. The third kappa shape index (κ3) is 5.63. The fourth-order valence-corrected chi connectivity index (χ4v) is 4.31. The molecule has 1 N–H and O–H groups in total. The summed E-state index contributed by atoms with van der Waals surface area (Å²) in [5, 5.41) is 3.55. The minimum atomic E-state index is -0.227. The predicted octanol–water partition coefficient (Wildman–Crippen LogP) is 5.49. The smallest absolute Gasteiger partial charge is 0.317 e. The van der Waals surface area contributed by atoms with Crippen molar-refractivity contribution in [1.82, 2.24) is 15.0 Å². The van der Waals surface area contributed by atoms with Gasteiger partial charge in [0.1, 0.15) is 11.9 Å². The highest BCUT2D eigenvalue weighted by Crippen LogP contribution is 2.28. The monoisotopic (exact) mass is 468 g/mol. The number of carbonyl (C=O) groups excluding carboxylic acids is 1. The molecule has 1 aliphatic carbocycles. The first-order valence-electron chi connectivity index (χ1n) is 12.0. The molecule has 2 aromatic heterocycles. The highest BCUT2D eigenvalue weighted by atomic mass is 16.5. The molecule has 0 saturated heterocycles. The molecule has 35 heavy (non-hydrogen) atoms. The van der Waals surface area contributed by atoms with E-state index in [1.54, 1.807) is 24.5 Å². The number of anilines is 1. The van der Waals surface area contributed by atoms with Crippen molar-refractivity contribution in [2.45, 2.75) is 51.4 Å². The molecule has 5 rings (SSSR count). The van der Waals surface area contributed by atoms with Crippen LogP contribution in [0.2, 0.25) is 0 Å². The first-order chi connectivity index (χ1) is 17.2. The second-order valence-corrected chi connectivity index (χ2v) is 8.84. The second kappa shape index (κ2) is 10.6. The quantitative estimate of drug-likeness (QED) is 0.386. The molecule has 0 aliphatic heterocycles. The van der Waals surface area contributed by atoms with Gasteiger partial charge in [-0.1, -0.05) is 48.5 Å². The van der Waals surface area contributed by atoms with Gasteiger partial charge in [0.25, 0.3) is 5.91 Å². The van der Waals surface area contributed by atoms with Crippen molar-refractivity contribution >= 4 is 22.6 Å². The molecule has 0 unspecified atom stereocenters. The van der Waals surface area contributed by atoms with Crippen LogP contribution < -0.4 is 10.1 Å². The summed E-state index contributed by atoms with van der Waals surface area (Å²) in [5.41, 5.74) is 3.36. The Bertz CT molecular complexity index is 1290. The van der Waals surface area contributed by atoms with Crippen molar-refractivity contribution in [2.75, 3.05) is 5.32 Å². The van der Waals surface area contributed by atoms with E-state index in [2.05, 4.69) is 32.4 Å². The maximum absolute atomic E-state index is 12.6. The molecule has 0 spiro atoms. The van der Waals surface area contributed by atoms with Gasteiger partial charge in [-0.05, 0) is 55.9 Å². The normalized spacial score (nSPS) is 17.7. The zero-order chi connectivity index (χ0) is 24.0. The number of fused-ring (bicyclic) bond motifs is 1. The third-order valence-electron chi connectivity index (χ3n) is 6.27. The van der Waals surface area contributed by atoms with E-state index < -0.39 is 0 Å². The maximum atomic E-state index is 12.6. The average Bonchev–Trinajstić information content (AvgIpc) is 2.91. The van der Waals surface area contributed by atoms with Gasteiger partial charge in [0.15, 0.2) is 0 Å². The lowest BCUT2D eigenvalue weighted by Gasteiger charge is -2.28. The number of hydrogen-bond acceptors (Lipinski definition) is 6. The number of ether oxygens (including phenoxy) is 2. The molecule has 2 heterocycles. The van der Waals surface area contributed by atoms with Gasteiger partial charge >= 0.3 is 6.01 Å². The van der Waals surface area contributed by atoms with E-state index in [-0.39, 0.29) is 18.1 Å².